The Morgan fingerprint density at radius 2 is 2.07 bits per heavy atom. The Hall–Kier alpha value is -0.480. The molecule has 1 fully saturated rings. The first-order valence-electron chi connectivity index (χ1n) is 6.55. The number of terminal acetylenes is 1. The normalized spacial score (nSPS) is 26.9. The summed E-state index contributed by atoms with van der Waals surface area (Å²) in [6, 6.07) is 0.737. The molecule has 0 bridgehead atoms. The maximum atomic E-state index is 5.36. The SMILES string of the molecule is C#CCCC1CCCCCC1NCCC. The molecule has 2 atom stereocenters. The van der Waals surface area contributed by atoms with Gasteiger partial charge in [-0.05, 0) is 38.1 Å². The number of hydrogen-bond donors (Lipinski definition) is 1. The van der Waals surface area contributed by atoms with Crippen LogP contribution in [0.4, 0.5) is 0 Å². The average molecular weight is 207 g/mol. The summed E-state index contributed by atoms with van der Waals surface area (Å²) in [6.45, 7) is 3.40. The van der Waals surface area contributed by atoms with Crippen LogP contribution in [0.15, 0.2) is 0 Å². The Bertz CT molecular complexity index is 192. The fraction of sp³-hybridized carbons (Fsp3) is 0.857. The summed E-state index contributed by atoms with van der Waals surface area (Å²) in [5.41, 5.74) is 0. The van der Waals surface area contributed by atoms with Gasteiger partial charge in [-0.2, -0.15) is 0 Å². The monoisotopic (exact) mass is 207 g/mol. The molecule has 1 N–H and O–H groups in total. The van der Waals surface area contributed by atoms with Gasteiger partial charge < -0.3 is 5.32 Å². The lowest BCUT2D eigenvalue weighted by molar-refractivity contribution is 0.320. The molecule has 1 heteroatoms. The number of hydrogen-bond acceptors (Lipinski definition) is 1. The molecule has 1 nitrogen and oxygen atoms in total. The van der Waals surface area contributed by atoms with Crippen LogP contribution in [0.5, 0.6) is 0 Å². The Morgan fingerprint density at radius 1 is 1.27 bits per heavy atom. The zero-order valence-electron chi connectivity index (χ0n) is 10.1. The molecule has 0 heterocycles. The van der Waals surface area contributed by atoms with Crippen LogP contribution >= 0.6 is 0 Å². The van der Waals surface area contributed by atoms with Gasteiger partial charge in [0.05, 0.1) is 0 Å². The van der Waals surface area contributed by atoms with Crippen molar-refractivity contribution in [1.29, 1.82) is 0 Å². The largest absolute Gasteiger partial charge is 0.314 e. The predicted molar refractivity (Wildman–Crippen MR) is 66.7 cm³/mol. The predicted octanol–water partition coefficient (Wildman–Crippen LogP) is 3.35. The van der Waals surface area contributed by atoms with Crippen LogP contribution in [0.1, 0.15) is 58.3 Å². The van der Waals surface area contributed by atoms with E-state index in [1.807, 2.05) is 0 Å². The van der Waals surface area contributed by atoms with Crippen LogP contribution in [0.2, 0.25) is 0 Å². The Labute approximate surface area is 95.0 Å². The minimum Gasteiger partial charge on any atom is -0.314 e. The van der Waals surface area contributed by atoms with Crippen LogP contribution in [0.25, 0.3) is 0 Å². The molecule has 1 saturated carbocycles. The van der Waals surface area contributed by atoms with Crippen LogP contribution in [0.3, 0.4) is 0 Å². The zero-order chi connectivity index (χ0) is 10.9. The van der Waals surface area contributed by atoms with Crippen molar-refractivity contribution in [3.05, 3.63) is 0 Å². The molecule has 2 unspecified atom stereocenters. The third-order valence-electron chi connectivity index (χ3n) is 3.48. The molecule has 1 rings (SSSR count). The van der Waals surface area contributed by atoms with Crippen molar-refractivity contribution in [3.8, 4) is 12.3 Å². The van der Waals surface area contributed by atoms with Gasteiger partial charge in [0.2, 0.25) is 0 Å². The first kappa shape index (κ1) is 12.6. The fourth-order valence-corrected chi connectivity index (χ4v) is 2.60. The molecule has 0 spiro atoms. The van der Waals surface area contributed by atoms with E-state index in [1.165, 1.54) is 44.9 Å². The zero-order valence-corrected chi connectivity index (χ0v) is 10.1. The maximum Gasteiger partial charge on any atom is 0.00956 e. The first-order valence-corrected chi connectivity index (χ1v) is 6.55. The molecule has 0 saturated heterocycles. The Morgan fingerprint density at radius 3 is 2.80 bits per heavy atom. The second kappa shape index (κ2) is 7.77. The quantitative estimate of drug-likeness (QED) is 0.538. The van der Waals surface area contributed by atoms with Gasteiger partial charge in [0.15, 0.2) is 0 Å². The molecular formula is C14H25N. The topological polar surface area (TPSA) is 12.0 Å². The highest BCUT2D eigenvalue weighted by molar-refractivity contribution is 4.87. The minimum atomic E-state index is 0.737. The number of nitrogens with one attached hydrogen (secondary N) is 1. The molecule has 0 aromatic carbocycles. The Balaban J connectivity index is 2.40. The molecule has 15 heavy (non-hydrogen) atoms. The highest BCUT2D eigenvalue weighted by Gasteiger charge is 2.22. The average Bonchev–Trinajstić information content (AvgIpc) is 2.48. The van der Waals surface area contributed by atoms with Gasteiger partial charge in [-0.25, -0.2) is 0 Å². The second-order valence-corrected chi connectivity index (χ2v) is 4.70. The molecule has 1 aliphatic carbocycles. The van der Waals surface area contributed by atoms with E-state index in [4.69, 9.17) is 6.42 Å². The van der Waals surface area contributed by atoms with Crippen LogP contribution < -0.4 is 5.32 Å². The van der Waals surface area contributed by atoms with E-state index in [1.54, 1.807) is 0 Å². The second-order valence-electron chi connectivity index (χ2n) is 4.70. The summed E-state index contributed by atoms with van der Waals surface area (Å²) in [7, 11) is 0. The van der Waals surface area contributed by atoms with E-state index in [2.05, 4.69) is 18.2 Å². The molecule has 0 aromatic heterocycles. The van der Waals surface area contributed by atoms with Gasteiger partial charge >= 0.3 is 0 Å². The van der Waals surface area contributed by atoms with Crippen molar-refractivity contribution < 1.29 is 0 Å². The van der Waals surface area contributed by atoms with Crippen LogP contribution in [0, 0.1) is 18.3 Å². The molecular weight excluding hydrogens is 182 g/mol. The summed E-state index contributed by atoms with van der Waals surface area (Å²) in [6.07, 6.45) is 15.7. The van der Waals surface area contributed by atoms with E-state index < -0.39 is 0 Å². The third-order valence-corrected chi connectivity index (χ3v) is 3.48. The van der Waals surface area contributed by atoms with Gasteiger partial charge in [-0.3, -0.25) is 0 Å². The maximum absolute atomic E-state index is 5.36. The van der Waals surface area contributed by atoms with E-state index >= 15 is 0 Å². The van der Waals surface area contributed by atoms with Gasteiger partial charge in [0.25, 0.3) is 0 Å². The lowest BCUT2D eigenvalue weighted by atomic mass is 9.90. The van der Waals surface area contributed by atoms with Crippen LogP contribution in [-0.4, -0.2) is 12.6 Å². The summed E-state index contributed by atoms with van der Waals surface area (Å²) < 4.78 is 0. The standard InChI is InChI=1S/C14H25N/c1-3-5-9-13-10-7-6-8-11-14(13)15-12-4-2/h1,13-15H,4-12H2,2H3. The highest BCUT2D eigenvalue weighted by Crippen LogP contribution is 2.26. The first-order chi connectivity index (χ1) is 7.38. The van der Waals surface area contributed by atoms with E-state index in [-0.39, 0.29) is 0 Å². The van der Waals surface area contributed by atoms with Gasteiger partial charge in [0, 0.05) is 12.5 Å². The van der Waals surface area contributed by atoms with Gasteiger partial charge in [-0.1, -0.05) is 26.2 Å². The van der Waals surface area contributed by atoms with Crippen LogP contribution in [-0.2, 0) is 0 Å². The summed E-state index contributed by atoms with van der Waals surface area (Å²) >= 11 is 0. The molecule has 0 aromatic rings. The molecule has 86 valence electrons. The van der Waals surface area contributed by atoms with E-state index in [9.17, 15) is 0 Å². The lowest BCUT2D eigenvalue weighted by Gasteiger charge is -2.25. The van der Waals surface area contributed by atoms with Crippen molar-refractivity contribution in [2.75, 3.05) is 6.54 Å². The molecule has 0 aliphatic heterocycles. The highest BCUT2D eigenvalue weighted by atomic mass is 14.9. The smallest absolute Gasteiger partial charge is 0.00956 e. The Kier molecular flexibility index (Phi) is 6.52. The summed E-state index contributed by atoms with van der Waals surface area (Å²) in [5, 5.41) is 3.70. The molecule has 1 aliphatic rings. The third kappa shape index (κ3) is 4.71. The van der Waals surface area contributed by atoms with Gasteiger partial charge in [-0.15, -0.1) is 12.3 Å². The van der Waals surface area contributed by atoms with E-state index in [0.717, 1.165) is 24.9 Å². The van der Waals surface area contributed by atoms with Crippen molar-refractivity contribution in [1.82, 2.24) is 5.32 Å². The van der Waals surface area contributed by atoms with Crippen molar-refractivity contribution in [3.63, 3.8) is 0 Å². The number of rotatable bonds is 5. The fourth-order valence-electron chi connectivity index (χ4n) is 2.60. The summed E-state index contributed by atoms with van der Waals surface area (Å²) in [4.78, 5) is 0. The summed E-state index contributed by atoms with van der Waals surface area (Å²) in [5.74, 6) is 3.61. The van der Waals surface area contributed by atoms with Crippen molar-refractivity contribution >= 4 is 0 Å². The molecule has 0 radical (unpaired) electrons. The molecule has 0 amide bonds. The van der Waals surface area contributed by atoms with Crippen molar-refractivity contribution in [2.45, 2.75) is 64.3 Å². The lowest BCUT2D eigenvalue weighted by Crippen LogP contribution is -2.36. The van der Waals surface area contributed by atoms with Crippen molar-refractivity contribution in [2.24, 2.45) is 5.92 Å². The van der Waals surface area contributed by atoms with Gasteiger partial charge in [0.1, 0.15) is 0 Å². The van der Waals surface area contributed by atoms with E-state index in [0.29, 0.717) is 0 Å². The minimum absolute atomic E-state index is 0.737.